The van der Waals surface area contributed by atoms with E-state index in [1.165, 1.54) is 0 Å². The molecule has 0 unspecified atom stereocenters. The first-order valence-electron chi connectivity index (χ1n) is 7.44. The van der Waals surface area contributed by atoms with E-state index in [9.17, 15) is 5.26 Å². The van der Waals surface area contributed by atoms with E-state index in [-0.39, 0.29) is 0 Å². The molecular weight excluding hydrogens is 246 g/mol. The standard InChI is InChI=1S/C17H27N3/c1-6-19-7-9-20(10-8-19)17(16(5)13-18)12-15(4)11-14(2)3/h12,14H,4-11H2,1-3H3/b17-12+. The summed E-state index contributed by atoms with van der Waals surface area (Å²) < 4.78 is 0. The second kappa shape index (κ2) is 7.91. The van der Waals surface area contributed by atoms with E-state index in [4.69, 9.17) is 0 Å². The number of piperazine rings is 1. The van der Waals surface area contributed by atoms with E-state index >= 15 is 0 Å². The topological polar surface area (TPSA) is 30.3 Å². The fraction of sp³-hybridized carbons (Fsp3) is 0.588. The molecule has 0 amide bonds. The number of rotatable bonds is 6. The average Bonchev–Trinajstić information content (AvgIpc) is 2.43. The molecule has 0 saturated carbocycles. The number of hydrogen-bond acceptors (Lipinski definition) is 3. The zero-order chi connectivity index (χ0) is 15.1. The first-order valence-corrected chi connectivity index (χ1v) is 7.44. The Morgan fingerprint density at radius 1 is 1.25 bits per heavy atom. The van der Waals surface area contributed by atoms with Crippen molar-refractivity contribution in [2.75, 3.05) is 32.7 Å². The van der Waals surface area contributed by atoms with Crippen molar-refractivity contribution < 1.29 is 0 Å². The number of likely N-dealkylation sites (N-methyl/N-ethyl adjacent to an activating group) is 1. The maximum atomic E-state index is 9.17. The molecule has 1 saturated heterocycles. The minimum Gasteiger partial charge on any atom is -0.368 e. The van der Waals surface area contributed by atoms with Crippen LogP contribution in [0, 0.1) is 17.2 Å². The van der Waals surface area contributed by atoms with Crippen LogP contribution in [0.3, 0.4) is 0 Å². The minimum atomic E-state index is 0.542. The molecule has 0 bridgehead atoms. The van der Waals surface area contributed by atoms with Crippen LogP contribution in [0.15, 0.2) is 36.1 Å². The highest BCUT2D eigenvalue weighted by atomic mass is 15.3. The van der Waals surface area contributed by atoms with Gasteiger partial charge in [0.1, 0.15) is 6.07 Å². The largest absolute Gasteiger partial charge is 0.368 e. The molecule has 1 fully saturated rings. The van der Waals surface area contributed by atoms with Gasteiger partial charge in [-0.05, 0) is 25.0 Å². The normalized spacial score (nSPS) is 17.1. The second-order valence-corrected chi connectivity index (χ2v) is 5.80. The average molecular weight is 273 g/mol. The summed E-state index contributed by atoms with van der Waals surface area (Å²) in [6.45, 7) is 19.6. The molecular formula is C17H27N3. The van der Waals surface area contributed by atoms with E-state index in [2.05, 4.69) is 49.8 Å². The molecule has 0 aromatic carbocycles. The quantitative estimate of drug-likeness (QED) is 0.550. The van der Waals surface area contributed by atoms with Crippen LogP contribution in [-0.2, 0) is 0 Å². The Labute approximate surface area is 123 Å². The molecule has 1 aliphatic rings. The fourth-order valence-electron chi connectivity index (χ4n) is 2.51. The molecule has 1 rings (SSSR count). The van der Waals surface area contributed by atoms with E-state index in [0.29, 0.717) is 11.5 Å². The van der Waals surface area contributed by atoms with E-state index in [1.54, 1.807) is 0 Å². The van der Waals surface area contributed by atoms with E-state index in [1.807, 2.05) is 6.08 Å². The molecule has 1 heterocycles. The summed E-state index contributed by atoms with van der Waals surface area (Å²) in [4.78, 5) is 4.69. The summed E-state index contributed by atoms with van der Waals surface area (Å²) in [5.41, 5.74) is 2.57. The van der Waals surface area contributed by atoms with Crippen LogP contribution in [0.4, 0.5) is 0 Å². The van der Waals surface area contributed by atoms with Gasteiger partial charge in [0.05, 0.1) is 11.3 Å². The summed E-state index contributed by atoms with van der Waals surface area (Å²) in [5, 5.41) is 9.17. The van der Waals surface area contributed by atoms with Crippen LogP contribution < -0.4 is 0 Å². The Hall–Kier alpha value is -1.53. The Bertz CT molecular complexity index is 418. The first-order chi connectivity index (χ1) is 9.47. The predicted octanol–water partition coefficient (Wildman–Crippen LogP) is 3.19. The van der Waals surface area contributed by atoms with Gasteiger partial charge in [-0.3, -0.25) is 0 Å². The van der Waals surface area contributed by atoms with E-state index in [0.717, 1.165) is 50.4 Å². The van der Waals surface area contributed by atoms with Crippen molar-refractivity contribution in [3.05, 3.63) is 36.1 Å². The summed E-state index contributed by atoms with van der Waals surface area (Å²) in [7, 11) is 0. The molecule has 3 nitrogen and oxygen atoms in total. The number of nitriles is 1. The third-order valence-corrected chi connectivity index (χ3v) is 3.62. The van der Waals surface area contributed by atoms with Crippen LogP contribution in [0.5, 0.6) is 0 Å². The molecule has 20 heavy (non-hydrogen) atoms. The van der Waals surface area contributed by atoms with Crippen molar-refractivity contribution >= 4 is 0 Å². The molecule has 0 N–H and O–H groups in total. The highest BCUT2D eigenvalue weighted by Gasteiger charge is 2.19. The highest BCUT2D eigenvalue weighted by molar-refractivity contribution is 5.42. The summed E-state index contributed by atoms with van der Waals surface area (Å²) in [6.07, 6.45) is 3.00. The molecule has 3 heteroatoms. The third-order valence-electron chi connectivity index (χ3n) is 3.62. The number of allylic oxidation sites excluding steroid dienone is 3. The summed E-state index contributed by atoms with van der Waals surface area (Å²) >= 11 is 0. The molecule has 0 spiro atoms. The molecule has 0 aromatic rings. The summed E-state index contributed by atoms with van der Waals surface area (Å²) in [5.74, 6) is 0.576. The van der Waals surface area contributed by atoms with Gasteiger partial charge in [0.15, 0.2) is 0 Å². The summed E-state index contributed by atoms with van der Waals surface area (Å²) in [6, 6.07) is 2.19. The lowest BCUT2D eigenvalue weighted by Gasteiger charge is -2.36. The Balaban J connectivity index is 2.81. The van der Waals surface area contributed by atoms with Crippen molar-refractivity contribution in [1.82, 2.24) is 9.80 Å². The molecule has 0 radical (unpaired) electrons. The molecule has 0 aliphatic carbocycles. The lowest BCUT2D eigenvalue weighted by molar-refractivity contribution is 0.167. The smallest absolute Gasteiger partial charge is 0.101 e. The van der Waals surface area contributed by atoms with Crippen LogP contribution in [0.2, 0.25) is 0 Å². The monoisotopic (exact) mass is 273 g/mol. The van der Waals surface area contributed by atoms with Crippen LogP contribution in [0.25, 0.3) is 0 Å². The zero-order valence-electron chi connectivity index (χ0n) is 13.2. The van der Waals surface area contributed by atoms with Crippen molar-refractivity contribution in [1.29, 1.82) is 5.26 Å². The van der Waals surface area contributed by atoms with Crippen molar-refractivity contribution in [2.24, 2.45) is 5.92 Å². The zero-order valence-corrected chi connectivity index (χ0v) is 13.2. The lowest BCUT2D eigenvalue weighted by Crippen LogP contribution is -2.45. The van der Waals surface area contributed by atoms with Gasteiger partial charge in [-0.1, -0.05) is 39.5 Å². The Morgan fingerprint density at radius 3 is 2.30 bits per heavy atom. The van der Waals surface area contributed by atoms with Crippen molar-refractivity contribution in [3.8, 4) is 6.07 Å². The van der Waals surface area contributed by atoms with Gasteiger partial charge >= 0.3 is 0 Å². The van der Waals surface area contributed by atoms with Gasteiger partial charge in [0.25, 0.3) is 0 Å². The van der Waals surface area contributed by atoms with E-state index < -0.39 is 0 Å². The highest BCUT2D eigenvalue weighted by Crippen LogP contribution is 2.20. The van der Waals surface area contributed by atoms with Gasteiger partial charge in [0.2, 0.25) is 0 Å². The lowest BCUT2D eigenvalue weighted by atomic mass is 10.0. The Kier molecular flexibility index (Phi) is 6.54. The second-order valence-electron chi connectivity index (χ2n) is 5.80. The van der Waals surface area contributed by atoms with Crippen LogP contribution in [0.1, 0.15) is 27.2 Å². The van der Waals surface area contributed by atoms with Crippen molar-refractivity contribution in [3.63, 3.8) is 0 Å². The minimum absolute atomic E-state index is 0.542. The Morgan fingerprint density at radius 2 is 1.85 bits per heavy atom. The maximum absolute atomic E-state index is 9.17. The molecule has 0 atom stereocenters. The van der Waals surface area contributed by atoms with Gasteiger partial charge in [-0.2, -0.15) is 5.26 Å². The van der Waals surface area contributed by atoms with Gasteiger partial charge in [-0.15, -0.1) is 0 Å². The number of hydrogen-bond donors (Lipinski definition) is 0. The maximum Gasteiger partial charge on any atom is 0.101 e. The fourth-order valence-corrected chi connectivity index (χ4v) is 2.51. The van der Waals surface area contributed by atoms with Gasteiger partial charge < -0.3 is 9.80 Å². The molecule has 0 aromatic heterocycles. The molecule has 1 aliphatic heterocycles. The van der Waals surface area contributed by atoms with Crippen LogP contribution >= 0.6 is 0 Å². The van der Waals surface area contributed by atoms with Crippen LogP contribution in [-0.4, -0.2) is 42.5 Å². The van der Waals surface area contributed by atoms with Gasteiger partial charge in [-0.25, -0.2) is 0 Å². The first kappa shape index (κ1) is 16.5. The molecule has 110 valence electrons. The van der Waals surface area contributed by atoms with Crippen molar-refractivity contribution in [2.45, 2.75) is 27.2 Å². The third kappa shape index (κ3) is 4.86. The SMILES string of the molecule is C=C(/C=C(\C(=C)C#N)N1CCN(CC)CC1)CC(C)C. The van der Waals surface area contributed by atoms with Gasteiger partial charge in [0, 0.05) is 26.2 Å². The predicted molar refractivity (Wildman–Crippen MR) is 85.1 cm³/mol. The number of nitrogens with zero attached hydrogens (tertiary/aromatic N) is 3.